The molecule has 0 N–H and O–H groups in total. The third-order valence-electron chi connectivity index (χ3n) is 22.6. The highest BCUT2D eigenvalue weighted by molar-refractivity contribution is 5.45. The van der Waals surface area contributed by atoms with E-state index in [2.05, 4.69) is 198 Å². The van der Waals surface area contributed by atoms with Crippen LogP contribution in [0.4, 0.5) is 0 Å². The number of ether oxygens (including phenoxy) is 6. The molecule has 2 aliphatic heterocycles. The predicted octanol–water partition coefficient (Wildman–Crippen LogP) is 27.9. The monoisotopic (exact) mass is 1570 g/mol. The summed E-state index contributed by atoms with van der Waals surface area (Å²) in [7, 11) is 16.9. The Morgan fingerprint density at radius 2 is 0.438 bits per heavy atom. The normalized spacial score (nSPS) is 23.2. The largest absolute Gasteiger partial charge is 0.454 e. The lowest BCUT2D eigenvalue weighted by Gasteiger charge is -2.33. The van der Waals surface area contributed by atoms with E-state index in [9.17, 15) is 0 Å². The first kappa shape index (κ1) is 114. The minimum absolute atomic E-state index is 0. The Bertz CT molecular complexity index is 2430. The van der Waals surface area contributed by atoms with Crippen molar-refractivity contribution in [3.05, 3.63) is 119 Å². The molecule has 0 amide bonds. The zero-order valence-corrected chi connectivity index (χ0v) is 77.9. The van der Waals surface area contributed by atoms with E-state index in [1.807, 2.05) is 123 Å². The van der Waals surface area contributed by atoms with Gasteiger partial charge in [-0.25, -0.2) is 0 Å². The Labute approximate surface area is 699 Å². The zero-order chi connectivity index (χ0) is 83.2. The Hall–Kier alpha value is -4.24. The quantitative estimate of drug-likeness (QED) is 0.0891. The van der Waals surface area contributed by atoms with Crippen LogP contribution in [0.3, 0.4) is 0 Å². The van der Waals surface area contributed by atoms with Gasteiger partial charge in [0, 0.05) is 76.6 Å². The van der Waals surface area contributed by atoms with Crippen LogP contribution >= 0.6 is 0 Å². The number of hydrogen-bond donors (Lipinski definition) is 0. The first-order chi connectivity index (χ1) is 53.4. The van der Waals surface area contributed by atoms with Gasteiger partial charge in [0.1, 0.15) is 0 Å². The number of rotatable bonds is 18. The second-order valence-corrected chi connectivity index (χ2v) is 30.8. The summed E-state index contributed by atoms with van der Waals surface area (Å²) in [4.78, 5) is 14.7. The molecule has 6 fully saturated rings. The van der Waals surface area contributed by atoms with Crippen molar-refractivity contribution in [2.75, 3.05) is 83.6 Å². The topological polar surface area (TPSA) is 74.8 Å². The summed E-state index contributed by atoms with van der Waals surface area (Å²) in [5.74, 6) is 9.13. The molecule has 4 aromatic rings. The molecule has 12 nitrogen and oxygen atoms in total. The molecule has 12 rings (SSSR count). The lowest BCUT2D eigenvalue weighted by atomic mass is 9.86. The van der Waals surface area contributed by atoms with Crippen LogP contribution < -0.4 is 18.9 Å². The molecule has 6 saturated carbocycles. The second-order valence-electron chi connectivity index (χ2n) is 30.8. The number of methoxy groups -OCH3 is 2. The van der Waals surface area contributed by atoms with Crippen molar-refractivity contribution in [2.45, 2.75) is 384 Å². The van der Waals surface area contributed by atoms with Crippen LogP contribution in [0.2, 0.25) is 0 Å². The zero-order valence-electron chi connectivity index (χ0n) is 77.9. The lowest BCUT2D eigenvalue weighted by Crippen LogP contribution is -2.35. The van der Waals surface area contributed by atoms with Gasteiger partial charge in [-0.05, 0) is 278 Å². The number of benzene rings is 4. The van der Waals surface area contributed by atoms with Gasteiger partial charge in [0.25, 0.3) is 0 Å². The SMILES string of the molecule is C.C.CC.CC.CC.CC.CC.CC.CC.CC.CC1CCC(N(C)Cc2ccc3c(c2)OCO3)CC1.CC1CCC(N(C)Cc2ccc3c(c2)OCO3)CC1.CC1CCC(N(C)Cc2ccccc2)CC1.CC1CCC(N(C)Cc2ccccc2)CC1.COCN(C)C1CCC(C)CC1.COCN(C)C1CCC(C)CC1. The van der Waals surface area contributed by atoms with Gasteiger partial charge < -0.3 is 28.4 Å². The van der Waals surface area contributed by atoms with Crippen LogP contribution in [0.5, 0.6) is 23.0 Å². The molecule has 0 spiro atoms. The van der Waals surface area contributed by atoms with Gasteiger partial charge >= 0.3 is 0 Å². The molecule has 0 radical (unpaired) electrons. The maximum atomic E-state index is 5.44. The number of fused-ring (bicyclic) bond motifs is 2. The van der Waals surface area contributed by atoms with Crippen molar-refractivity contribution in [1.82, 2.24) is 29.4 Å². The summed E-state index contributed by atoms with van der Waals surface area (Å²) in [5, 5.41) is 0. The molecule has 0 aromatic heterocycles. The van der Waals surface area contributed by atoms with E-state index in [0.717, 1.165) is 134 Å². The van der Waals surface area contributed by atoms with Gasteiger partial charge in [0.05, 0.1) is 13.5 Å². The molecule has 12 heteroatoms. The third kappa shape index (κ3) is 47.8. The molecule has 0 unspecified atom stereocenters. The minimum Gasteiger partial charge on any atom is -0.454 e. The molecule has 8 aliphatic rings. The highest BCUT2D eigenvalue weighted by Crippen LogP contribution is 2.37. The Morgan fingerprint density at radius 1 is 0.250 bits per heavy atom. The van der Waals surface area contributed by atoms with Crippen molar-refractivity contribution in [1.29, 1.82) is 0 Å². The molecule has 0 atom stereocenters. The Kier molecular flexibility index (Phi) is 74.5. The Balaban J connectivity index is -0.000000604. The first-order valence-electron chi connectivity index (χ1n) is 45.5. The molecular weight excluding hydrogens is 1380 g/mol. The lowest BCUT2D eigenvalue weighted by molar-refractivity contribution is 0.0365. The molecule has 656 valence electrons. The van der Waals surface area contributed by atoms with Gasteiger partial charge in [-0.1, -0.05) is 240 Å². The summed E-state index contributed by atoms with van der Waals surface area (Å²) in [6.45, 7) is 52.7. The minimum atomic E-state index is 0. The smallest absolute Gasteiger partial charge is 0.231 e. The van der Waals surface area contributed by atoms with Crippen LogP contribution in [0, 0.1) is 35.5 Å². The van der Waals surface area contributed by atoms with Crippen LogP contribution in [0.1, 0.15) is 344 Å². The fraction of sp³-hybridized carbons (Fsp3) is 0.760. The van der Waals surface area contributed by atoms with Gasteiger partial charge in [-0.3, -0.25) is 29.4 Å². The van der Waals surface area contributed by atoms with Crippen molar-refractivity contribution in [2.24, 2.45) is 35.5 Å². The highest BCUT2D eigenvalue weighted by atomic mass is 16.7. The van der Waals surface area contributed by atoms with Gasteiger partial charge in [-0.15, -0.1) is 0 Å². The van der Waals surface area contributed by atoms with Gasteiger partial charge in [0.2, 0.25) is 13.6 Å². The fourth-order valence-electron chi connectivity index (χ4n) is 15.6. The third-order valence-corrected chi connectivity index (χ3v) is 22.6. The average molecular weight is 1570 g/mol. The van der Waals surface area contributed by atoms with Crippen LogP contribution in [-0.4, -0.2) is 149 Å². The molecule has 0 saturated heterocycles. The second kappa shape index (κ2) is 73.2. The molecule has 6 aliphatic carbocycles. The van der Waals surface area contributed by atoms with Crippen molar-refractivity contribution < 1.29 is 28.4 Å². The van der Waals surface area contributed by atoms with Gasteiger partial charge in [0.15, 0.2) is 23.0 Å². The summed E-state index contributed by atoms with van der Waals surface area (Å²) < 4.78 is 31.8. The van der Waals surface area contributed by atoms with Gasteiger partial charge in [-0.2, -0.15) is 0 Å². The first-order valence-corrected chi connectivity index (χ1v) is 45.5. The maximum absolute atomic E-state index is 5.44. The van der Waals surface area contributed by atoms with E-state index < -0.39 is 0 Å². The van der Waals surface area contributed by atoms with Crippen molar-refractivity contribution in [3.63, 3.8) is 0 Å². The van der Waals surface area contributed by atoms with E-state index in [4.69, 9.17) is 28.4 Å². The standard InChI is InChI=1S/2C16H23NO2.2C15H23N.2C10H21NO.8C2H6.2CH4/c2*1-12-3-6-14(7-4-12)17(2)10-13-5-8-15-16(9-13)19-11-18-15;2*1-13-8-10-15(11-9-13)16(2)12-14-6-4-3-5-7-14;2*1-9-4-6-10(7-5-9)11(2)8-12-3;8*1-2;;/h2*5,8-9,12,14H,3-4,6-7,10-11H2,1-2H3;2*3-7,13,15H,8-12H2,1-2H3;2*9-10H,4-8H2,1-3H3;8*1-2H3;2*1H4. The summed E-state index contributed by atoms with van der Waals surface area (Å²) in [6, 6.07) is 38.8. The van der Waals surface area contributed by atoms with E-state index in [-0.39, 0.29) is 14.9 Å². The summed E-state index contributed by atoms with van der Waals surface area (Å²) in [6.07, 6.45) is 32.9. The molecule has 112 heavy (non-hydrogen) atoms. The summed E-state index contributed by atoms with van der Waals surface area (Å²) in [5.41, 5.74) is 5.49. The average Bonchev–Trinajstić information content (AvgIpc) is 1.63. The summed E-state index contributed by atoms with van der Waals surface area (Å²) >= 11 is 0. The van der Waals surface area contributed by atoms with Crippen LogP contribution in [0.25, 0.3) is 0 Å². The number of nitrogens with zero attached hydrogens (tertiary/aromatic N) is 6. The predicted molar refractivity (Wildman–Crippen MR) is 496 cm³/mol. The van der Waals surface area contributed by atoms with Crippen molar-refractivity contribution in [3.8, 4) is 23.0 Å². The van der Waals surface area contributed by atoms with E-state index in [0.29, 0.717) is 13.6 Å². The van der Waals surface area contributed by atoms with Crippen molar-refractivity contribution >= 4 is 0 Å². The maximum Gasteiger partial charge on any atom is 0.231 e. The number of hydrogen-bond acceptors (Lipinski definition) is 12. The molecular formula is C100H190N6O6. The molecule has 0 bridgehead atoms. The molecule has 2 heterocycles. The molecule has 4 aromatic carbocycles. The Morgan fingerprint density at radius 3 is 0.643 bits per heavy atom. The van der Waals surface area contributed by atoms with Crippen LogP contribution in [0.15, 0.2) is 97.1 Å². The van der Waals surface area contributed by atoms with E-state index >= 15 is 0 Å². The van der Waals surface area contributed by atoms with E-state index in [1.165, 1.54) is 176 Å². The van der Waals surface area contributed by atoms with Crippen LogP contribution in [-0.2, 0) is 35.7 Å². The fourth-order valence-corrected chi connectivity index (χ4v) is 15.6. The highest BCUT2D eigenvalue weighted by Gasteiger charge is 2.28. The van der Waals surface area contributed by atoms with E-state index in [1.54, 1.807) is 14.2 Å².